The van der Waals surface area contributed by atoms with Crippen molar-refractivity contribution in [2.75, 3.05) is 0 Å². The van der Waals surface area contributed by atoms with E-state index in [-0.39, 0.29) is 10.9 Å². The number of aromatic nitrogens is 1. The van der Waals surface area contributed by atoms with Crippen LogP contribution < -0.4 is 4.72 Å². The third-order valence-electron chi connectivity index (χ3n) is 5.38. The van der Waals surface area contributed by atoms with Crippen molar-refractivity contribution >= 4 is 32.3 Å². The molecule has 0 fully saturated rings. The summed E-state index contributed by atoms with van der Waals surface area (Å²) in [5.74, 6) is -0.484. The Morgan fingerprint density at radius 1 is 1.13 bits per heavy atom. The third-order valence-corrected chi connectivity index (χ3v) is 8.76. The zero-order valence-electron chi connectivity index (χ0n) is 17.2. The lowest BCUT2D eigenvalue weighted by Gasteiger charge is -2.30. The van der Waals surface area contributed by atoms with Crippen LogP contribution in [0.5, 0.6) is 0 Å². The van der Waals surface area contributed by atoms with Crippen molar-refractivity contribution in [3.8, 4) is 0 Å². The Balaban J connectivity index is 1.91. The lowest BCUT2D eigenvalue weighted by molar-refractivity contribution is 0.488. The van der Waals surface area contributed by atoms with E-state index in [1.807, 2.05) is 32.9 Å². The van der Waals surface area contributed by atoms with Crippen LogP contribution in [0.1, 0.15) is 50.9 Å². The van der Waals surface area contributed by atoms with Crippen molar-refractivity contribution in [3.63, 3.8) is 0 Å². The van der Waals surface area contributed by atoms with Gasteiger partial charge in [-0.3, -0.25) is 0 Å². The fourth-order valence-electron chi connectivity index (χ4n) is 3.94. The molecule has 0 amide bonds. The molecule has 0 saturated heterocycles. The Morgan fingerprint density at radius 2 is 1.80 bits per heavy atom. The largest absolute Gasteiger partial charge is 0.598 e. The molecule has 0 aliphatic heterocycles. The van der Waals surface area contributed by atoms with Crippen LogP contribution in [0.2, 0.25) is 0 Å². The fraction of sp³-hybridized carbons (Fsp3) is 0.364. The summed E-state index contributed by atoms with van der Waals surface area (Å²) in [5, 5.41) is 0.835. The van der Waals surface area contributed by atoms with Gasteiger partial charge in [-0.1, -0.05) is 18.2 Å². The van der Waals surface area contributed by atoms with E-state index < -0.39 is 31.9 Å². The molecule has 0 spiro atoms. The first-order valence-corrected chi connectivity index (χ1v) is 12.5. The number of hydrogen-bond acceptors (Lipinski definition) is 4. The molecule has 4 rings (SSSR count). The average Bonchev–Trinajstić information content (AvgIpc) is 3.03. The third kappa shape index (κ3) is 3.66. The molecule has 2 atom stereocenters. The van der Waals surface area contributed by atoms with E-state index in [1.165, 1.54) is 16.1 Å². The number of rotatable bonds is 4. The predicted octanol–water partition coefficient (Wildman–Crippen LogP) is 4.45. The molecule has 5 nitrogen and oxygen atoms in total. The van der Waals surface area contributed by atoms with Gasteiger partial charge in [0, 0.05) is 28.0 Å². The molecule has 1 aliphatic carbocycles. The maximum absolute atomic E-state index is 13.5. The van der Waals surface area contributed by atoms with E-state index in [1.54, 1.807) is 12.1 Å². The summed E-state index contributed by atoms with van der Waals surface area (Å²) >= 11 is -1.29. The smallest absolute Gasteiger partial charge is 0.268 e. The maximum atomic E-state index is 13.5. The molecule has 1 N–H and O–H groups in total. The van der Waals surface area contributed by atoms with Gasteiger partial charge < -0.3 is 4.55 Å². The highest BCUT2D eigenvalue weighted by atomic mass is 32.2. The molecule has 160 valence electrons. The SMILES string of the molecule is CC(C)(C)[S@@+]([O-])N[C@@H]1CCCc2c1c1ccccc1n2S(=O)(=O)c1ccc(F)cc1. The van der Waals surface area contributed by atoms with Gasteiger partial charge in [0.2, 0.25) is 0 Å². The number of halogens is 1. The van der Waals surface area contributed by atoms with Gasteiger partial charge in [0.05, 0.1) is 16.5 Å². The van der Waals surface area contributed by atoms with Crippen molar-refractivity contribution in [3.05, 3.63) is 65.6 Å². The number of fused-ring (bicyclic) bond motifs is 3. The summed E-state index contributed by atoms with van der Waals surface area (Å²) in [6.07, 6.45) is 2.16. The number of nitrogens with one attached hydrogen (secondary N) is 1. The lowest BCUT2D eigenvalue weighted by Crippen LogP contribution is -2.42. The highest BCUT2D eigenvalue weighted by molar-refractivity contribution is 7.91. The van der Waals surface area contributed by atoms with Crippen molar-refractivity contribution in [2.45, 2.75) is 55.7 Å². The van der Waals surface area contributed by atoms with E-state index >= 15 is 0 Å². The van der Waals surface area contributed by atoms with Gasteiger partial charge in [-0.2, -0.15) is 0 Å². The Hall–Kier alpha value is -1.87. The van der Waals surface area contributed by atoms with E-state index in [9.17, 15) is 17.4 Å². The topological polar surface area (TPSA) is 74.2 Å². The normalized spacial score (nSPS) is 18.4. The van der Waals surface area contributed by atoms with Gasteiger partial charge in [-0.05, 0) is 70.4 Å². The molecular weight excluding hydrogens is 423 g/mol. The molecule has 0 saturated carbocycles. The molecule has 0 bridgehead atoms. The van der Waals surface area contributed by atoms with Crippen LogP contribution in [0, 0.1) is 5.82 Å². The number of nitrogens with zero attached hydrogens (tertiary/aromatic N) is 1. The van der Waals surface area contributed by atoms with Crippen molar-refractivity contribution in [2.24, 2.45) is 0 Å². The molecule has 1 aromatic heterocycles. The average molecular weight is 449 g/mol. The minimum absolute atomic E-state index is 0.0424. The van der Waals surface area contributed by atoms with E-state index in [0.29, 0.717) is 17.6 Å². The zero-order valence-corrected chi connectivity index (χ0v) is 18.8. The quantitative estimate of drug-likeness (QED) is 0.599. The second kappa shape index (κ2) is 7.67. The van der Waals surface area contributed by atoms with Crippen LogP contribution in [-0.2, 0) is 27.8 Å². The number of benzene rings is 2. The highest BCUT2D eigenvalue weighted by Crippen LogP contribution is 2.40. The first kappa shape index (κ1) is 21.4. The summed E-state index contributed by atoms with van der Waals surface area (Å²) in [6.45, 7) is 5.71. The number of para-hydroxylation sites is 1. The van der Waals surface area contributed by atoms with Crippen molar-refractivity contribution in [1.82, 2.24) is 8.69 Å². The van der Waals surface area contributed by atoms with Gasteiger partial charge in [-0.15, -0.1) is 4.72 Å². The molecule has 1 aliphatic rings. The Labute approximate surface area is 179 Å². The van der Waals surface area contributed by atoms with E-state index in [2.05, 4.69) is 4.72 Å². The van der Waals surface area contributed by atoms with Crippen LogP contribution >= 0.6 is 0 Å². The first-order valence-electron chi connectivity index (χ1n) is 9.92. The summed E-state index contributed by atoms with van der Waals surface area (Å²) in [7, 11) is -3.91. The van der Waals surface area contributed by atoms with Crippen molar-refractivity contribution in [1.29, 1.82) is 0 Å². The molecule has 0 unspecified atom stereocenters. The molecule has 8 heteroatoms. The standard InChI is InChI=1S/C22H25FN2O3S2/c1-22(2,3)29(26)24-18-8-6-10-20-21(18)17-7-4-5-9-19(17)25(20)30(27,28)16-13-11-15(23)12-14-16/h4-5,7,9,11-14,18,24H,6,8,10H2,1-3H3/t18-,29-/m1/s1. The van der Waals surface area contributed by atoms with Gasteiger partial charge in [-0.25, -0.2) is 16.8 Å². The van der Waals surface area contributed by atoms with Crippen LogP contribution in [-0.4, -0.2) is 21.7 Å². The summed E-state index contributed by atoms with van der Waals surface area (Å²) in [4.78, 5) is 0.0424. The lowest BCUT2D eigenvalue weighted by atomic mass is 9.91. The first-order chi connectivity index (χ1) is 14.1. The maximum Gasteiger partial charge on any atom is 0.268 e. The van der Waals surface area contributed by atoms with Crippen LogP contribution in [0.3, 0.4) is 0 Å². The highest BCUT2D eigenvalue weighted by Gasteiger charge is 2.36. The number of hydrogen-bond donors (Lipinski definition) is 1. The zero-order chi connectivity index (χ0) is 21.7. The molecule has 1 heterocycles. The van der Waals surface area contributed by atoms with Gasteiger partial charge in [0.15, 0.2) is 0 Å². The van der Waals surface area contributed by atoms with E-state index in [0.717, 1.165) is 35.9 Å². The predicted molar refractivity (Wildman–Crippen MR) is 118 cm³/mol. The summed E-state index contributed by atoms with van der Waals surface area (Å²) < 4.78 is 57.4. The Kier molecular flexibility index (Phi) is 5.47. The minimum atomic E-state index is -3.91. The molecule has 0 radical (unpaired) electrons. The van der Waals surface area contributed by atoms with Crippen LogP contribution in [0.25, 0.3) is 10.9 Å². The monoisotopic (exact) mass is 448 g/mol. The molecule has 3 aromatic rings. The second-order valence-electron chi connectivity index (χ2n) is 8.54. The summed E-state index contributed by atoms with van der Waals surface area (Å²) in [6, 6.07) is 12.1. The fourth-order valence-corrected chi connectivity index (χ4v) is 6.38. The summed E-state index contributed by atoms with van der Waals surface area (Å²) in [5.41, 5.74) is 2.18. The van der Waals surface area contributed by atoms with E-state index in [4.69, 9.17) is 0 Å². The Morgan fingerprint density at radius 3 is 2.47 bits per heavy atom. The van der Waals surface area contributed by atoms with Crippen molar-refractivity contribution < 1.29 is 17.4 Å². The molecular formula is C22H25FN2O3S2. The second-order valence-corrected chi connectivity index (χ2v) is 12.3. The van der Waals surface area contributed by atoms with Gasteiger partial charge >= 0.3 is 0 Å². The van der Waals surface area contributed by atoms with Crippen LogP contribution in [0.4, 0.5) is 4.39 Å². The van der Waals surface area contributed by atoms with Gasteiger partial charge in [0.25, 0.3) is 10.0 Å². The van der Waals surface area contributed by atoms with Crippen LogP contribution in [0.15, 0.2) is 53.4 Å². The molecule has 2 aromatic carbocycles. The van der Waals surface area contributed by atoms with Gasteiger partial charge in [0.1, 0.15) is 10.6 Å². The Bertz CT molecular complexity index is 1180. The molecule has 30 heavy (non-hydrogen) atoms. The minimum Gasteiger partial charge on any atom is -0.598 e.